The first-order chi connectivity index (χ1) is 5.34. The molecule has 3 nitrogen and oxygen atoms in total. The highest BCUT2D eigenvalue weighted by Crippen LogP contribution is 2.13. The maximum absolute atomic E-state index is 7.00. The lowest BCUT2D eigenvalue weighted by Gasteiger charge is -2.17. The molecule has 0 aromatic heterocycles. The van der Waals surface area contributed by atoms with Gasteiger partial charge in [-0.25, -0.2) is 0 Å². The highest BCUT2D eigenvalue weighted by Gasteiger charge is 2.19. The molecule has 68 valence electrons. The summed E-state index contributed by atoms with van der Waals surface area (Å²) < 4.78 is 5.05. The average Bonchev–Trinajstić information content (AvgIpc) is 2.42. The summed E-state index contributed by atoms with van der Waals surface area (Å²) in [6, 6.07) is 0.690. The summed E-state index contributed by atoms with van der Waals surface area (Å²) >= 11 is 0. The van der Waals surface area contributed by atoms with Crippen LogP contribution in [0.1, 0.15) is 12.8 Å². The Morgan fingerprint density at radius 2 is 2.18 bits per heavy atom. The standard InChI is InChI=1S/C7H15NO.CH4O/c1-8-5-3-4-7(8)6-9-2;1-2/h7H,3-6H2,1-2H3;2H,1H3. The fourth-order valence-electron chi connectivity index (χ4n) is 1.38. The van der Waals surface area contributed by atoms with Crippen molar-refractivity contribution in [1.82, 2.24) is 4.90 Å². The number of likely N-dealkylation sites (tertiary alicyclic amines) is 1. The molecule has 1 rings (SSSR count). The third kappa shape index (κ3) is 3.70. The van der Waals surface area contributed by atoms with E-state index >= 15 is 0 Å². The van der Waals surface area contributed by atoms with Crippen LogP contribution in [0.4, 0.5) is 0 Å². The fraction of sp³-hybridized carbons (Fsp3) is 1.00. The van der Waals surface area contributed by atoms with E-state index in [4.69, 9.17) is 9.84 Å². The van der Waals surface area contributed by atoms with Crippen LogP contribution in [0, 0.1) is 0 Å². The SMILES string of the molecule is CO.COCC1CCCN1C. The third-order valence-electron chi connectivity index (χ3n) is 2.03. The van der Waals surface area contributed by atoms with Crippen LogP contribution in [0.2, 0.25) is 0 Å². The van der Waals surface area contributed by atoms with Gasteiger partial charge in [0.05, 0.1) is 6.61 Å². The van der Waals surface area contributed by atoms with Crippen molar-refractivity contribution in [2.75, 3.05) is 34.4 Å². The summed E-state index contributed by atoms with van der Waals surface area (Å²) in [5.74, 6) is 0. The van der Waals surface area contributed by atoms with Gasteiger partial charge in [-0.1, -0.05) is 0 Å². The summed E-state index contributed by atoms with van der Waals surface area (Å²) in [6.45, 7) is 2.14. The molecule has 11 heavy (non-hydrogen) atoms. The minimum absolute atomic E-state index is 0.690. The zero-order valence-electron chi connectivity index (χ0n) is 7.71. The lowest BCUT2D eigenvalue weighted by atomic mass is 10.2. The second-order valence-electron chi connectivity index (χ2n) is 2.73. The van der Waals surface area contributed by atoms with Gasteiger partial charge in [-0.2, -0.15) is 0 Å². The summed E-state index contributed by atoms with van der Waals surface area (Å²) in [7, 11) is 4.93. The van der Waals surface area contributed by atoms with E-state index in [9.17, 15) is 0 Å². The first-order valence-corrected chi connectivity index (χ1v) is 3.98. The van der Waals surface area contributed by atoms with Crippen LogP contribution in [-0.2, 0) is 4.74 Å². The van der Waals surface area contributed by atoms with Gasteiger partial charge in [0.1, 0.15) is 0 Å². The second kappa shape index (κ2) is 6.58. The molecule has 1 saturated heterocycles. The molecule has 1 heterocycles. The molecule has 0 spiro atoms. The summed E-state index contributed by atoms with van der Waals surface area (Å²) in [6.07, 6.45) is 2.65. The van der Waals surface area contributed by atoms with Crippen molar-refractivity contribution in [2.45, 2.75) is 18.9 Å². The first kappa shape index (κ1) is 10.9. The van der Waals surface area contributed by atoms with Gasteiger partial charge in [-0.05, 0) is 26.4 Å². The molecular formula is C8H19NO2. The molecule has 1 atom stereocenters. The van der Waals surface area contributed by atoms with Gasteiger partial charge in [0.2, 0.25) is 0 Å². The highest BCUT2D eigenvalue weighted by atomic mass is 16.5. The molecule has 0 aromatic rings. The number of likely N-dealkylation sites (N-methyl/N-ethyl adjacent to an activating group) is 1. The van der Waals surface area contributed by atoms with E-state index < -0.39 is 0 Å². The number of nitrogens with zero attached hydrogens (tertiary/aromatic N) is 1. The number of hydrogen-bond acceptors (Lipinski definition) is 3. The Kier molecular flexibility index (Phi) is 6.51. The molecule has 0 aromatic carbocycles. The van der Waals surface area contributed by atoms with Gasteiger partial charge in [-0.15, -0.1) is 0 Å². The summed E-state index contributed by atoms with van der Waals surface area (Å²) in [5, 5.41) is 7.00. The molecule has 1 N–H and O–H groups in total. The predicted octanol–water partition coefficient (Wildman–Crippen LogP) is 0.336. The summed E-state index contributed by atoms with van der Waals surface area (Å²) in [5.41, 5.74) is 0. The molecule has 1 aliphatic rings. The molecule has 0 amide bonds. The topological polar surface area (TPSA) is 32.7 Å². The Morgan fingerprint density at radius 1 is 1.55 bits per heavy atom. The van der Waals surface area contributed by atoms with Crippen molar-refractivity contribution in [3.8, 4) is 0 Å². The number of hydrogen-bond donors (Lipinski definition) is 1. The van der Waals surface area contributed by atoms with Gasteiger partial charge in [0.15, 0.2) is 0 Å². The molecule has 1 unspecified atom stereocenters. The van der Waals surface area contributed by atoms with Crippen molar-refractivity contribution >= 4 is 0 Å². The van der Waals surface area contributed by atoms with Crippen LogP contribution in [0.5, 0.6) is 0 Å². The monoisotopic (exact) mass is 161 g/mol. The first-order valence-electron chi connectivity index (χ1n) is 3.98. The Morgan fingerprint density at radius 3 is 2.55 bits per heavy atom. The van der Waals surface area contributed by atoms with Gasteiger partial charge in [0.25, 0.3) is 0 Å². The zero-order valence-corrected chi connectivity index (χ0v) is 7.71. The maximum Gasteiger partial charge on any atom is 0.0617 e. The number of rotatable bonds is 2. The average molecular weight is 161 g/mol. The second-order valence-corrected chi connectivity index (χ2v) is 2.73. The van der Waals surface area contributed by atoms with E-state index in [-0.39, 0.29) is 0 Å². The smallest absolute Gasteiger partial charge is 0.0617 e. The molecule has 0 radical (unpaired) electrons. The van der Waals surface area contributed by atoms with Crippen LogP contribution in [0.25, 0.3) is 0 Å². The lowest BCUT2D eigenvalue weighted by Crippen LogP contribution is -2.28. The van der Waals surface area contributed by atoms with Crippen molar-refractivity contribution in [2.24, 2.45) is 0 Å². The highest BCUT2D eigenvalue weighted by molar-refractivity contribution is 4.75. The molecule has 0 bridgehead atoms. The Labute approximate surface area is 69.0 Å². The quantitative estimate of drug-likeness (QED) is 0.633. The van der Waals surface area contributed by atoms with Crippen LogP contribution in [0.15, 0.2) is 0 Å². The van der Waals surface area contributed by atoms with E-state index in [1.54, 1.807) is 7.11 Å². The zero-order chi connectivity index (χ0) is 8.69. The molecular weight excluding hydrogens is 142 g/mol. The van der Waals surface area contributed by atoms with E-state index in [1.807, 2.05) is 0 Å². The molecule has 1 aliphatic heterocycles. The van der Waals surface area contributed by atoms with Gasteiger partial charge in [-0.3, -0.25) is 0 Å². The number of aliphatic hydroxyl groups excluding tert-OH is 1. The van der Waals surface area contributed by atoms with Gasteiger partial charge >= 0.3 is 0 Å². The van der Waals surface area contributed by atoms with Crippen LogP contribution >= 0.6 is 0 Å². The number of methoxy groups -OCH3 is 1. The van der Waals surface area contributed by atoms with E-state index in [1.165, 1.54) is 19.4 Å². The fourth-order valence-corrected chi connectivity index (χ4v) is 1.38. The Balaban J connectivity index is 0.000000461. The minimum atomic E-state index is 0.690. The third-order valence-corrected chi connectivity index (χ3v) is 2.03. The normalized spacial score (nSPS) is 24.5. The van der Waals surface area contributed by atoms with Gasteiger partial charge < -0.3 is 14.7 Å². The minimum Gasteiger partial charge on any atom is -0.400 e. The van der Waals surface area contributed by atoms with Crippen molar-refractivity contribution < 1.29 is 9.84 Å². The van der Waals surface area contributed by atoms with Crippen LogP contribution < -0.4 is 0 Å². The molecule has 3 heteroatoms. The van der Waals surface area contributed by atoms with Crippen molar-refractivity contribution in [3.63, 3.8) is 0 Å². The largest absolute Gasteiger partial charge is 0.400 e. The van der Waals surface area contributed by atoms with Crippen LogP contribution in [-0.4, -0.2) is 50.5 Å². The van der Waals surface area contributed by atoms with Crippen molar-refractivity contribution in [3.05, 3.63) is 0 Å². The Bertz CT molecular complexity index is 88.2. The molecule has 0 saturated carbocycles. The Hall–Kier alpha value is -0.120. The van der Waals surface area contributed by atoms with Crippen LogP contribution in [0.3, 0.4) is 0 Å². The van der Waals surface area contributed by atoms with Crippen molar-refractivity contribution in [1.29, 1.82) is 0 Å². The number of ether oxygens (including phenoxy) is 1. The van der Waals surface area contributed by atoms with E-state index in [2.05, 4.69) is 11.9 Å². The molecule has 1 fully saturated rings. The van der Waals surface area contributed by atoms with E-state index in [0.29, 0.717) is 6.04 Å². The lowest BCUT2D eigenvalue weighted by molar-refractivity contribution is 0.129. The van der Waals surface area contributed by atoms with Gasteiger partial charge in [0, 0.05) is 20.3 Å². The number of aliphatic hydroxyl groups is 1. The molecule has 0 aliphatic carbocycles. The predicted molar refractivity (Wildman–Crippen MR) is 45.7 cm³/mol. The van der Waals surface area contributed by atoms with E-state index in [0.717, 1.165) is 13.7 Å². The maximum atomic E-state index is 7.00. The summed E-state index contributed by atoms with van der Waals surface area (Å²) in [4.78, 5) is 2.36.